The molecule has 3 rings (SSSR count). The molecule has 1 heterocycles. The summed E-state index contributed by atoms with van der Waals surface area (Å²) in [7, 11) is 0. The fourth-order valence-corrected chi connectivity index (χ4v) is 3.27. The summed E-state index contributed by atoms with van der Waals surface area (Å²) >= 11 is 0. The van der Waals surface area contributed by atoms with E-state index in [1.807, 2.05) is 51.1 Å². The van der Waals surface area contributed by atoms with Crippen LogP contribution in [-0.4, -0.2) is 33.3 Å². The first-order valence-electron chi connectivity index (χ1n) is 9.14. The predicted molar refractivity (Wildman–Crippen MR) is 100 cm³/mol. The number of nitrogens with one attached hydrogen (secondary N) is 1. The first-order valence-corrected chi connectivity index (χ1v) is 9.14. The lowest BCUT2D eigenvalue weighted by molar-refractivity contribution is 0.103. The molecule has 6 nitrogen and oxygen atoms in total. The Kier molecular flexibility index (Phi) is 5.51. The fourth-order valence-electron chi connectivity index (χ4n) is 3.27. The number of aliphatic hydroxyl groups excluding tert-OH is 1. The van der Waals surface area contributed by atoms with E-state index in [9.17, 15) is 14.3 Å². The molecule has 1 aliphatic carbocycles. The zero-order valence-electron chi connectivity index (χ0n) is 15.9. The van der Waals surface area contributed by atoms with Crippen molar-refractivity contribution in [2.24, 2.45) is 0 Å². The van der Waals surface area contributed by atoms with Crippen LogP contribution >= 0.6 is 0 Å². The maximum absolute atomic E-state index is 13.7. The maximum Gasteiger partial charge on any atom is 0.413 e. The van der Waals surface area contributed by atoms with Crippen molar-refractivity contribution in [1.29, 1.82) is 0 Å². The molecule has 0 saturated heterocycles. The molecule has 0 spiro atoms. The summed E-state index contributed by atoms with van der Waals surface area (Å²) in [6.07, 6.45) is -2.20. The largest absolute Gasteiger partial charge is 0.444 e. The standard InChI is InChI=1S/C20H26FN3O3/c1-20(2,3)24-18(11-16(23-24)14-9-15(21)17(25)10-14)22-19(26)27-12-13-7-5-4-6-8-13/h4-8,11,14-15,17,25H,9-10,12H2,1-3H3,(H,22,26)/t14-,15+,17+/m1/s1. The van der Waals surface area contributed by atoms with Crippen LogP contribution in [0.2, 0.25) is 0 Å². The van der Waals surface area contributed by atoms with E-state index in [2.05, 4.69) is 10.4 Å². The van der Waals surface area contributed by atoms with E-state index in [4.69, 9.17) is 4.74 Å². The number of halogens is 1. The number of aromatic nitrogens is 2. The Morgan fingerprint density at radius 2 is 2.04 bits per heavy atom. The summed E-state index contributed by atoms with van der Waals surface area (Å²) < 4.78 is 20.7. The lowest BCUT2D eigenvalue weighted by atomic mass is 10.0. The molecule has 1 aromatic carbocycles. The number of rotatable bonds is 4. The smallest absolute Gasteiger partial charge is 0.413 e. The molecule has 1 fully saturated rings. The Bertz CT molecular complexity index is 776. The summed E-state index contributed by atoms with van der Waals surface area (Å²) in [6, 6.07) is 11.2. The Morgan fingerprint density at radius 1 is 1.33 bits per heavy atom. The van der Waals surface area contributed by atoms with E-state index in [1.54, 1.807) is 10.7 Å². The summed E-state index contributed by atoms with van der Waals surface area (Å²) in [5.74, 6) is 0.326. The molecule has 2 aromatic rings. The molecule has 27 heavy (non-hydrogen) atoms. The average Bonchev–Trinajstić information content (AvgIpc) is 3.18. The summed E-state index contributed by atoms with van der Waals surface area (Å²) in [5.41, 5.74) is 1.18. The van der Waals surface area contributed by atoms with Crippen LogP contribution in [0.1, 0.15) is 50.8 Å². The van der Waals surface area contributed by atoms with Gasteiger partial charge in [-0.05, 0) is 39.2 Å². The van der Waals surface area contributed by atoms with Gasteiger partial charge >= 0.3 is 6.09 Å². The first kappa shape index (κ1) is 19.4. The van der Waals surface area contributed by atoms with Crippen molar-refractivity contribution < 1.29 is 19.0 Å². The van der Waals surface area contributed by atoms with E-state index in [1.165, 1.54) is 0 Å². The number of anilines is 1. The average molecular weight is 375 g/mol. The molecule has 7 heteroatoms. The van der Waals surface area contributed by atoms with Crippen LogP contribution in [0.4, 0.5) is 15.0 Å². The summed E-state index contributed by atoms with van der Waals surface area (Å²) in [5, 5.41) is 17.0. The fraction of sp³-hybridized carbons (Fsp3) is 0.500. The SMILES string of the molecule is CC(C)(C)n1nc([C@H]2C[C@H](O)[C@@H](F)C2)cc1NC(=O)OCc1ccccc1. The number of carbonyl (C=O) groups is 1. The number of alkyl halides is 1. The van der Waals surface area contributed by atoms with Crippen molar-refractivity contribution in [1.82, 2.24) is 9.78 Å². The van der Waals surface area contributed by atoms with Gasteiger partial charge in [0.1, 0.15) is 18.6 Å². The van der Waals surface area contributed by atoms with E-state index in [0.29, 0.717) is 17.9 Å². The number of ether oxygens (including phenoxy) is 1. The van der Waals surface area contributed by atoms with Crippen molar-refractivity contribution in [3.63, 3.8) is 0 Å². The molecule has 2 N–H and O–H groups in total. The normalized spacial score (nSPS) is 22.6. The number of carbonyl (C=O) groups excluding carboxylic acids is 1. The van der Waals surface area contributed by atoms with Gasteiger partial charge < -0.3 is 9.84 Å². The minimum Gasteiger partial charge on any atom is -0.444 e. The minimum absolute atomic E-state index is 0.167. The van der Waals surface area contributed by atoms with Crippen LogP contribution in [0.3, 0.4) is 0 Å². The molecule has 0 unspecified atom stereocenters. The molecule has 1 aromatic heterocycles. The van der Waals surface area contributed by atoms with Gasteiger partial charge in [0, 0.05) is 12.0 Å². The second-order valence-corrected chi connectivity index (χ2v) is 7.98. The van der Waals surface area contributed by atoms with Gasteiger partial charge in [0.05, 0.1) is 17.3 Å². The van der Waals surface area contributed by atoms with Gasteiger partial charge in [-0.25, -0.2) is 13.9 Å². The highest BCUT2D eigenvalue weighted by Crippen LogP contribution is 2.37. The van der Waals surface area contributed by atoms with E-state index < -0.39 is 18.4 Å². The first-order chi connectivity index (χ1) is 12.7. The lowest BCUT2D eigenvalue weighted by Gasteiger charge is -2.22. The van der Waals surface area contributed by atoms with E-state index >= 15 is 0 Å². The molecule has 3 atom stereocenters. The third-order valence-corrected chi connectivity index (χ3v) is 4.68. The molecular formula is C20H26FN3O3. The number of nitrogens with zero attached hydrogens (tertiary/aromatic N) is 2. The highest BCUT2D eigenvalue weighted by Gasteiger charge is 2.36. The number of aliphatic hydroxyl groups is 1. The zero-order chi connectivity index (χ0) is 19.6. The second kappa shape index (κ2) is 7.68. The van der Waals surface area contributed by atoms with Crippen LogP contribution in [0.5, 0.6) is 0 Å². The summed E-state index contributed by atoms with van der Waals surface area (Å²) in [6.45, 7) is 6.06. The van der Waals surface area contributed by atoms with Crippen LogP contribution in [0, 0.1) is 0 Å². The number of amides is 1. The number of hydrogen-bond donors (Lipinski definition) is 2. The van der Waals surface area contributed by atoms with Gasteiger partial charge in [-0.1, -0.05) is 30.3 Å². The lowest BCUT2D eigenvalue weighted by Crippen LogP contribution is -2.27. The van der Waals surface area contributed by atoms with Crippen molar-refractivity contribution in [3.05, 3.63) is 47.7 Å². The third kappa shape index (κ3) is 4.66. The molecule has 146 valence electrons. The van der Waals surface area contributed by atoms with Crippen LogP contribution in [0.25, 0.3) is 0 Å². The third-order valence-electron chi connectivity index (χ3n) is 4.68. The van der Waals surface area contributed by atoms with Crippen molar-refractivity contribution in [2.45, 2.75) is 64.0 Å². The molecule has 0 radical (unpaired) electrons. The molecule has 1 saturated carbocycles. The molecule has 1 amide bonds. The van der Waals surface area contributed by atoms with Gasteiger partial charge in [0.2, 0.25) is 0 Å². The Hall–Kier alpha value is -2.41. The molecule has 0 bridgehead atoms. The van der Waals surface area contributed by atoms with Gasteiger partial charge in [-0.3, -0.25) is 5.32 Å². The van der Waals surface area contributed by atoms with Crippen LogP contribution < -0.4 is 5.32 Å². The zero-order valence-corrected chi connectivity index (χ0v) is 15.9. The van der Waals surface area contributed by atoms with Crippen molar-refractivity contribution in [2.75, 3.05) is 5.32 Å². The van der Waals surface area contributed by atoms with E-state index in [-0.39, 0.29) is 24.5 Å². The van der Waals surface area contributed by atoms with Crippen LogP contribution in [-0.2, 0) is 16.9 Å². The van der Waals surface area contributed by atoms with Crippen molar-refractivity contribution in [3.8, 4) is 0 Å². The Labute approximate surface area is 158 Å². The minimum atomic E-state index is -1.23. The Morgan fingerprint density at radius 3 is 2.63 bits per heavy atom. The van der Waals surface area contributed by atoms with Gasteiger partial charge in [0.25, 0.3) is 0 Å². The highest BCUT2D eigenvalue weighted by atomic mass is 19.1. The molecule has 0 aliphatic heterocycles. The van der Waals surface area contributed by atoms with Gasteiger partial charge in [-0.2, -0.15) is 5.10 Å². The number of benzene rings is 1. The predicted octanol–water partition coefficient (Wildman–Crippen LogP) is 3.96. The topological polar surface area (TPSA) is 76.4 Å². The second-order valence-electron chi connectivity index (χ2n) is 7.98. The Balaban J connectivity index is 1.72. The number of hydrogen-bond acceptors (Lipinski definition) is 4. The molecule has 1 aliphatic rings. The van der Waals surface area contributed by atoms with Crippen LogP contribution in [0.15, 0.2) is 36.4 Å². The monoisotopic (exact) mass is 375 g/mol. The summed E-state index contributed by atoms with van der Waals surface area (Å²) in [4.78, 5) is 12.2. The quantitative estimate of drug-likeness (QED) is 0.848. The molecular weight excluding hydrogens is 349 g/mol. The van der Waals surface area contributed by atoms with Gasteiger partial charge in [0.15, 0.2) is 0 Å². The highest BCUT2D eigenvalue weighted by molar-refractivity contribution is 5.83. The van der Waals surface area contributed by atoms with Crippen molar-refractivity contribution >= 4 is 11.9 Å². The van der Waals surface area contributed by atoms with E-state index in [0.717, 1.165) is 5.56 Å². The van der Waals surface area contributed by atoms with Gasteiger partial charge in [-0.15, -0.1) is 0 Å². The maximum atomic E-state index is 13.7.